The van der Waals surface area contributed by atoms with Gasteiger partial charge < -0.3 is 31.0 Å². The Labute approximate surface area is 215 Å². The molecule has 10 nitrogen and oxygen atoms in total. The number of nitrogens with one attached hydrogen (secondary N) is 1. The van der Waals surface area contributed by atoms with Crippen molar-refractivity contribution in [2.75, 3.05) is 44.3 Å². The summed E-state index contributed by atoms with van der Waals surface area (Å²) in [5.74, 6) is 0.570. The van der Waals surface area contributed by atoms with Crippen LogP contribution in [0.15, 0.2) is 41.2 Å². The van der Waals surface area contributed by atoms with Crippen LogP contribution >= 0.6 is 0 Å². The molecule has 10 heteroatoms. The molecule has 1 fully saturated rings. The monoisotopic (exact) mass is 507 g/mol. The van der Waals surface area contributed by atoms with Gasteiger partial charge in [0.05, 0.1) is 12.2 Å². The van der Waals surface area contributed by atoms with Crippen molar-refractivity contribution in [3.05, 3.63) is 52.3 Å². The first-order valence-corrected chi connectivity index (χ1v) is 12.5. The molecule has 0 atom stereocenters. The van der Waals surface area contributed by atoms with Crippen LogP contribution in [0, 0.1) is 0 Å². The number of aryl methyl sites for hydroxylation is 1. The lowest BCUT2D eigenvalue weighted by atomic mass is 9.98. The van der Waals surface area contributed by atoms with E-state index >= 15 is 0 Å². The molecule has 0 spiro atoms. The summed E-state index contributed by atoms with van der Waals surface area (Å²) in [4.78, 5) is 32.6. The third-order valence-electron chi connectivity index (χ3n) is 6.39. The molecule has 4 rings (SSSR count). The molecule has 1 saturated heterocycles. The third-order valence-corrected chi connectivity index (χ3v) is 6.39. The average Bonchev–Trinajstić information content (AvgIpc) is 3.40. The Morgan fingerprint density at radius 2 is 1.81 bits per heavy atom. The quantitative estimate of drug-likeness (QED) is 0.306. The van der Waals surface area contributed by atoms with Crippen molar-refractivity contribution in [1.29, 1.82) is 0 Å². The van der Waals surface area contributed by atoms with Crippen LogP contribution in [-0.4, -0.2) is 58.8 Å². The lowest BCUT2D eigenvalue weighted by Crippen LogP contribution is -2.25. The van der Waals surface area contributed by atoms with Gasteiger partial charge in [-0.15, -0.1) is 0 Å². The highest BCUT2D eigenvalue weighted by molar-refractivity contribution is 5.75. The number of hydrogen-bond donors (Lipinski definition) is 4. The van der Waals surface area contributed by atoms with Crippen molar-refractivity contribution in [3.63, 3.8) is 0 Å². The first-order valence-electron chi connectivity index (χ1n) is 12.5. The summed E-state index contributed by atoms with van der Waals surface area (Å²) in [6.45, 7) is 5.86. The zero-order valence-corrected chi connectivity index (χ0v) is 21.0. The summed E-state index contributed by atoms with van der Waals surface area (Å²) in [6, 6.07) is 11.3. The highest BCUT2D eigenvalue weighted by atomic mass is 16.5. The first kappa shape index (κ1) is 26.0. The van der Waals surface area contributed by atoms with Crippen LogP contribution < -0.4 is 26.5 Å². The second-order valence-corrected chi connectivity index (χ2v) is 8.97. The number of nitrogen functional groups attached to an aromatic ring is 2. The minimum Gasteiger partial charge on any atom is -0.493 e. The van der Waals surface area contributed by atoms with E-state index in [-0.39, 0.29) is 23.8 Å². The number of carboxylic acids is 1. The van der Waals surface area contributed by atoms with E-state index in [9.17, 15) is 14.7 Å². The van der Waals surface area contributed by atoms with Crippen molar-refractivity contribution < 1.29 is 19.4 Å². The van der Waals surface area contributed by atoms with E-state index in [1.54, 1.807) is 6.07 Å². The number of H-pyrrole nitrogens is 1. The number of aliphatic carboxylic acids is 1. The van der Waals surface area contributed by atoms with E-state index in [4.69, 9.17) is 20.9 Å². The minimum absolute atomic E-state index is 0.00661. The van der Waals surface area contributed by atoms with Gasteiger partial charge in [-0.1, -0.05) is 12.1 Å². The minimum atomic E-state index is -0.860. The number of aromatic nitrogens is 2. The number of hydrogen-bond acceptors (Lipinski definition) is 8. The van der Waals surface area contributed by atoms with Crippen LogP contribution in [0.2, 0.25) is 0 Å². The Hall–Kier alpha value is -4.05. The fourth-order valence-electron chi connectivity index (χ4n) is 4.43. The summed E-state index contributed by atoms with van der Waals surface area (Å²) in [7, 11) is 0. The fraction of sp³-hybridized carbons (Fsp3) is 0.370. The zero-order chi connectivity index (χ0) is 26.4. The molecule has 0 bridgehead atoms. The molecule has 0 unspecified atom stereocenters. The Morgan fingerprint density at radius 3 is 2.51 bits per heavy atom. The molecule has 3 aromatic rings. The SMILES string of the molecule is CCOc1cc(-c2ccc(OCCN3CCCC3)c(CCC(=O)O)c2)ccc1-c1nc(N)c(N)c(=O)[nH]1. The normalized spacial score (nSPS) is 13.5. The molecule has 0 aliphatic carbocycles. The smallest absolute Gasteiger partial charge is 0.303 e. The van der Waals surface area contributed by atoms with E-state index in [1.807, 2.05) is 37.3 Å². The van der Waals surface area contributed by atoms with Gasteiger partial charge in [-0.2, -0.15) is 0 Å². The van der Waals surface area contributed by atoms with Crippen LogP contribution in [0.5, 0.6) is 11.5 Å². The van der Waals surface area contributed by atoms with Gasteiger partial charge in [0.1, 0.15) is 29.6 Å². The number of carboxylic acid groups (broad SMARTS) is 1. The number of anilines is 2. The van der Waals surface area contributed by atoms with Crippen LogP contribution in [0.4, 0.5) is 11.5 Å². The standard InChI is InChI=1S/C27H33N5O5/c1-2-36-22-16-18(5-8-20(22)26-30-25(29)24(28)27(35)31-26)17-6-9-21(19(15-17)7-10-23(33)34)37-14-13-32-11-3-4-12-32/h5-6,8-9,15-16H,2-4,7,10-14,28H2,1H3,(H,33,34)(H3,29,30,31,35). The molecular weight excluding hydrogens is 474 g/mol. The van der Waals surface area contributed by atoms with Gasteiger partial charge in [-0.3, -0.25) is 14.5 Å². The number of likely N-dealkylation sites (tertiary alicyclic amines) is 1. The van der Waals surface area contributed by atoms with Crippen molar-refractivity contribution in [3.8, 4) is 34.0 Å². The summed E-state index contributed by atoms with van der Waals surface area (Å²) in [6.07, 6.45) is 2.80. The summed E-state index contributed by atoms with van der Waals surface area (Å²) in [5.41, 5.74) is 14.0. The molecule has 0 saturated carbocycles. The van der Waals surface area contributed by atoms with Gasteiger partial charge >= 0.3 is 5.97 Å². The number of aromatic amines is 1. The van der Waals surface area contributed by atoms with E-state index < -0.39 is 11.5 Å². The van der Waals surface area contributed by atoms with Gasteiger partial charge in [-0.25, -0.2) is 4.98 Å². The maximum atomic E-state index is 12.1. The van der Waals surface area contributed by atoms with E-state index in [0.717, 1.165) is 36.3 Å². The lowest BCUT2D eigenvalue weighted by Gasteiger charge is -2.17. The van der Waals surface area contributed by atoms with Gasteiger partial charge in [0, 0.05) is 13.0 Å². The predicted molar refractivity (Wildman–Crippen MR) is 143 cm³/mol. The Bertz CT molecular complexity index is 1320. The summed E-state index contributed by atoms with van der Waals surface area (Å²) >= 11 is 0. The molecule has 2 heterocycles. The Kier molecular flexibility index (Phi) is 8.29. The maximum absolute atomic E-state index is 12.1. The molecule has 196 valence electrons. The molecule has 37 heavy (non-hydrogen) atoms. The summed E-state index contributed by atoms with van der Waals surface area (Å²) in [5, 5.41) is 9.25. The third kappa shape index (κ3) is 6.39. The summed E-state index contributed by atoms with van der Waals surface area (Å²) < 4.78 is 11.9. The Balaban J connectivity index is 1.63. The van der Waals surface area contributed by atoms with Crippen LogP contribution in [0.25, 0.3) is 22.5 Å². The average molecular weight is 508 g/mol. The van der Waals surface area contributed by atoms with Gasteiger partial charge in [0.2, 0.25) is 0 Å². The van der Waals surface area contributed by atoms with Crippen molar-refractivity contribution in [2.24, 2.45) is 0 Å². The molecule has 0 radical (unpaired) electrons. The predicted octanol–water partition coefficient (Wildman–Crippen LogP) is 3.16. The first-order chi connectivity index (χ1) is 17.9. The second kappa shape index (κ2) is 11.8. The number of carbonyl (C=O) groups is 1. The lowest BCUT2D eigenvalue weighted by molar-refractivity contribution is -0.136. The van der Waals surface area contributed by atoms with E-state index in [0.29, 0.717) is 36.7 Å². The topological polar surface area (TPSA) is 157 Å². The number of nitrogens with two attached hydrogens (primary N) is 2. The van der Waals surface area contributed by atoms with Gasteiger partial charge in [-0.05, 0) is 80.2 Å². The zero-order valence-electron chi connectivity index (χ0n) is 21.0. The largest absolute Gasteiger partial charge is 0.493 e. The number of nitrogens with zero attached hydrogens (tertiary/aromatic N) is 2. The van der Waals surface area contributed by atoms with Crippen LogP contribution in [0.1, 0.15) is 31.7 Å². The molecule has 1 aliphatic rings. The van der Waals surface area contributed by atoms with E-state index in [2.05, 4.69) is 14.9 Å². The van der Waals surface area contributed by atoms with Gasteiger partial charge in [0.15, 0.2) is 5.82 Å². The van der Waals surface area contributed by atoms with Crippen LogP contribution in [0.3, 0.4) is 0 Å². The maximum Gasteiger partial charge on any atom is 0.303 e. The molecule has 0 amide bonds. The molecule has 2 aromatic carbocycles. The number of rotatable bonds is 11. The van der Waals surface area contributed by atoms with E-state index in [1.165, 1.54) is 12.8 Å². The Morgan fingerprint density at radius 1 is 1.08 bits per heavy atom. The second-order valence-electron chi connectivity index (χ2n) is 8.97. The molecule has 1 aromatic heterocycles. The van der Waals surface area contributed by atoms with Crippen molar-refractivity contribution >= 4 is 17.5 Å². The molecule has 6 N–H and O–H groups in total. The number of benzene rings is 2. The van der Waals surface area contributed by atoms with Crippen molar-refractivity contribution in [2.45, 2.75) is 32.6 Å². The highest BCUT2D eigenvalue weighted by Gasteiger charge is 2.16. The highest BCUT2D eigenvalue weighted by Crippen LogP contribution is 2.35. The molecule has 1 aliphatic heterocycles. The molecular formula is C27H33N5O5. The number of ether oxygens (including phenoxy) is 2. The fourth-order valence-corrected chi connectivity index (χ4v) is 4.43. The van der Waals surface area contributed by atoms with Crippen molar-refractivity contribution in [1.82, 2.24) is 14.9 Å². The van der Waals surface area contributed by atoms with Crippen LogP contribution in [-0.2, 0) is 11.2 Å². The van der Waals surface area contributed by atoms with Gasteiger partial charge in [0.25, 0.3) is 5.56 Å².